The van der Waals surface area contributed by atoms with Crippen molar-refractivity contribution in [2.45, 2.75) is 63.9 Å². The van der Waals surface area contributed by atoms with Gasteiger partial charge in [0.15, 0.2) is 0 Å². The van der Waals surface area contributed by atoms with E-state index in [1.165, 1.54) is 10.6 Å². The zero-order valence-electron chi connectivity index (χ0n) is 19.8. The Bertz CT molecular complexity index is 1120. The summed E-state index contributed by atoms with van der Waals surface area (Å²) in [4.78, 5) is 26.9. The number of alkyl halides is 3. The van der Waals surface area contributed by atoms with Crippen molar-refractivity contribution in [1.29, 1.82) is 0 Å². The van der Waals surface area contributed by atoms with Gasteiger partial charge in [0.25, 0.3) is 11.7 Å². The normalized spacial score (nSPS) is 20.4. The third-order valence-corrected chi connectivity index (χ3v) is 7.11. The minimum Gasteiger partial charge on any atom is -0.386 e. The van der Waals surface area contributed by atoms with Crippen molar-refractivity contribution in [2.75, 3.05) is 19.6 Å². The number of fused-ring (bicyclic) bond motifs is 2. The van der Waals surface area contributed by atoms with Gasteiger partial charge in [0.2, 0.25) is 0 Å². The summed E-state index contributed by atoms with van der Waals surface area (Å²) < 4.78 is 40.9. The molecule has 1 atom stereocenters. The molecule has 1 unspecified atom stereocenters. The number of hydrogen-bond acceptors (Lipinski definition) is 4. The summed E-state index contributed by atoms with van der Waals surface area (Å²) in [6.07, 6.45) is -3.88. The molecule has 0 radical (unpaired) electrons. The molecule has 2 aliphatic heterocycles. The Kier molecular flexibility index (Phi) is 5.93. The summed E-state index contributed by atoms with van der Waals surface area (Å²) in [6.45, 7) is 8.34. The highest BCUT2D eigenvalue weighted by atomic mass is 19.4. The average Bonchev–Trinajstić information content (AvgIpc) is 3.21. The van der Waals surface area contributed by atoms with E-state index in [0.717, 1.165) is 11.1 Å². The highest BCUT2D eigenvalue weighted by Gasteiger charge is 2.47. The number of ketones is 1. The molecule has 6 nitrogen and oxygen atoms in total. The van der Waals surface area contributed by atoms with Gasteiger partial charge in [-0.15, -0.1) is 0 Å². The lowest BCUT2D eigenvalue weighted by molar-refractivity contribution is -0.0892. The average molecular weight is 478 g/mol. The number of Topliss-reactive ketones (excluding diaryl/α,β-unsaturated/α-hetero) is 1. The first-order chi connectivity index (χ1) is 15.7. The van der Waals surface area contributed by atoms with Crippen molar-refractivity contribution in [2.24, 2.45) is 0 Å². The van der Waals surface area contributed by atoms with Gasteiger partial charge in [-0.1, -0.05) is 6.07 Å². The number of nitrogens with one attached hydrogen (secondary N) is 1. The van der Waals surface area contributed by atoms with E-state index in [1.54, 1.807) is 49.9 Å². The number of piperidine rings is 1. The second-order valence-corrected chi connectivity index (χ2v) is 9.99. The third kappa shape index (κ3) is 4.15. The van der Waals surface area contributed by atoms with E-state index < -0.39 is 23.1 Å². The van der Waals surface area contributed by atoms with Gasteiger partial charge in [0.1, 0.15) is 0 Å². The van der Waals surface area contributed by atoms with Crippen LogP contribution in [-0.4, -0.2) is 52.1 Å². The Morgan fingerprint density at radius 3 is 2.32 bits per heavy atom. The molecule has 0 bridgehead atoms. The number of amides is 1. The van der Waals surface area contributed by atoms with E-state index in [-0.39, 0.29) is 17.6 Å². The zero-order valence-corrected chi connectivity index (χ0v) is 19.8. The van der Waals surface area contributed by atoms with Gasteiger partial charge in [-0.2, -0.15) is 13.2 Å². The molecular weight excluding hydrogens is 447 g/mol. The van der Waals surface area contributed by atoms with E-state index in [0.29, 0.717) is 43.7 Å². The van der Waals surface area contributed by atoms with Gasteiger partial charge in [-0.3, -0.25) is 9.59 Å². The second kappa shape index (κ2) is 8.23. The SMILES string of the molecule is Cc1cc(C(=O)N2CCC3(CC2)NCC(C)n2c(C(=O)C(F)(F)F)ccc23)ccc1C(C)(C)O. The number of benzene rings is 1. The minimum atomic E-state index is -4.93. The molecule has 0 saturated carbocycles. The number of aryl methyl sites for hydroxylation is 1. The van der Waals surface area contributed by atoms with Crippen LogP contribution >= 0.6 is 0 Å². The Hall–Kier alpha value is -2.65. The number of carbonyl (C=O) groups is 2. The first kappa shape index (κ1) is 24.5. The minimum absolute atomic E-state index is 0.118. The molecule has 2 N–H and O–H groups in total. The van der Waals surface area contributed by atoms with E-state index in [9.17, 15) is 27.9 Å². The number of hydrogen-bond donors (Lipinski definition) is 2. The lowest BCUT2D eigenvalue weighted by Gasteiger charge is -2.47. The number of carbonyl (C=O) groups excluding carboxylic acids is 2. The maximum atomic E-state index is 13.2. The smallest absolute Gasteiger partial charge is 0.386 e. The summed E-state index contributed by atoms with van der Waals surface area (Å²) in [7, 11) is 0. The predicted molar refractivity (Wildman–Crippen MR) is 121 cm³/mol. The zero-order chi connectivity index (χ0) is 25.1. The Morgan fingerprint density at radius 2 is 1.76 bits per heavy atom. The fraction of sp³-hybridized carbons (Fsp3) is 0.520. The van der Waals surface area contributed by atoms with Crippen LogP contribution in [0.4, 0.5) is 13.2 Å². The molecule has 3 heterocycles. The topological polar surface area (TPSA) is 74.6 Å². The van der Waals surface area contributed by atoms with Crippen molar-refractivity contribution < 1.29 is 27.9 Å². The van der Waals surface area contributed by atoms with Crippen molar-refractivity contribution in [3.05, 3.63) is 58.4 Å². The molecule has 0 aliphatic carbocycles. The Morgan fingerprint density at radius 1 is 1.12 bits per heavy atom. The van der Waals surface area contributed by atoms with Crippen LogP contribution in [0, 0.1) is 6.92 Å². The summed E-state index contributed by atoms with van der Waals surface area (Å²) >= 11 is 0. The van der Waals surface area contributed by atoms with Gasteiger partial charge in [0, 0.05) is 36.9 Å². The second-order valence-electron chi connectivity index (χ2n) is 9.99. The quantitative estimate of drug-likeness (QED) is 0.654. The molecule has 184 valence electrons. The van der Waals surface area contributed by atoms with Gasteiger partial charge in [-0.05, 0) is 75.9 Å². The van der Waals surface area contributed by atoms with Crippen molar-refractivity contribution in [3.8, 4) is 0 Å². The number of rotatable bonds is 3. The molecule has 1 amide bonds. The fourth-order valence-corrected chi connectivity index (χ4v) is 5.36. The van der Waals surface area contributed by atoms with Crippen LogP contribution in [0.3, 0.4) is 0 Å². The van der Waals surface area contributed by atoms with E-state index in [2.05, 4.69) is 5.32 Å². The van der Waals surface area contributed by atoms with Gasteiger partial charge in [0.05, 0.1) is 16.8 Å². The van der Waals surface area contributed by atoms with Crippen LogP contribution in [0.5, 0.6) is 0 Å². The van der Waals surface area contributed by atoms with E-state index >= 15 is 0 Å². The molecule has 1 spiro atoms. The van der Waals surface area contributed by atoms with Crippen LogP contribution < -0.4 is 5.32 Å². The Balaban J connectivity index is 1.55. The maximum absolute atomic E-state index is 13.2. The molecule has 1 aromatic carbocycles. The molecular formula is C25H30F3N3O3. The van der Waals surface area contributed by atoms with Gasteiger partial charge < -0.3 is 19.9 Å². The lowest BCUT2D eigenvalue weighted by atomic mass is 9.82. The van der Waals surface area contributed by atoms with Crippen LogP contribution in [0.15, 0.2) is 30.3 Å². The molecule has 9 heteroatoms. The molecule has 2 aliphatic rings. The Labute approximate surface area is 196 Å². The molecule has 2 aromatic rings. The first-order valence-corrected chi connectivity index (χ1v) is 11.5. The third-order valence-electron chi connectivity index (χ3n) is 7.11. The molecule has 34 heavy (non-hydrogen) atoms. The van der Waals surface area contributed by atoms with Crippen molar-refractivity contribution in [1.82, 2.24) is 14.8 Å². The van der Waals surface area contributed by atoms with Crippen molar-refractivity contribution >= 4 is 11.7 Å². The highest BCUT2D eigenvalue weighted by Crippen LogP contribution is 2.40. The summed E-state index contributed by atoms with van der Waals surface area (Å²) in [5, 5.41) is 13.8. The molecule has 1 aromatic heterocycles. The standard InChI is InChI=1S/C25H30F3N3O3/c1-15-13-17(5-6-18(15)23(3,4)34)22(33)30-11-9-24(10-12-30)20-8-7-19(21(32)25(26,27)28)31(20)16(2)14-29-24/h5-8,13,16,29,34H,9-12,14H2,1-4H3. The highest BCUT2D eigenvalue weighted by molar-refractivity contribution is 5.99. The maximum Gasteiger partial charge on any atom is 0.456 e. The number of likely N-dealkylation sites (tertiary alicyclic amines) is 1. The summed E-state index contributed by atoms with van der Waals surface area (Å²) in [6, 6.07) is 7.84. The summed E-state index contributed by atoms with van der Waals surface area (Å²) in [5.41, 5.74) is 0.852. The van der Waals surface area contributed by atoms with Crippen LogP contribution in [0.1, 0.15) is 77.3 Å². The first-order valence-electron chi connectivity index (χ1n) is 11.5. The van der Waals surface area contributed by atoms with Crippen LogP contribution in [0.2, 0.25) is 0 Å². The van der Waals surface area contributed by atoms with Crippen molar-refractivity contribution in [3.63, 3.8) is 0 Å². The monoisotopic (exact) mass is 477 g/mol. The summed E-state index contributed by atoms with van der Waals surface area (Å²) in [5.74, 6) is -1.95. The molecule has 1 saturated heterocycles. The number of halogens is 3. The van der Waals surface area contributed by atoms with Crippen LogP contribution in [-0.2, 0) is 11.1 Å². The number of aliphatic hydroxyl groups is 1. The largest absolute Gasteiger partial charge is 0.456 e. The van der Waals surface area contributed by atoms with Crippen LogP contribution in [0.25, 0.3) is 0 Å². The van der Waals surface area contributed by atoms with E-state index in [1.807, 2.05) is 6.92 Å². The molecule has 4 rings (SSSR count). The number of nitrogens with zero attached hydrogens (tertiary/aromatic N) is 2. The molecule has 1 fully saturated rings. The predicted octanol–water partition coefficient (Wildman–Crippen LogP) is 4.06. The van der Waals surface area contributed by atoms with Gasteiger partial charge >= 0.3 is 6.18 Å². The fourth-order valence-electron chi connectivity index (χ4n) is 5.36. The number of aromatic nitrogens is 1. The van der Waals surface area contributed by atoms with E-state index in [4.69, 9.17) is 0 Å². The lowest BCUT2D eigenvalue weighted by Crippen LogP contribution is -2.57. The van der Waals surface area contributed by atoms with Gasteiger partial charge in [-0.25, -0.2) is 0 Å².